The fourth-order valence-electron chi connectivity index (χ4n) is 2.85. The molecule has 1 fully saturated rings. The molecule has 3 rings (SSSR count). The summed E-state index contributed by atoms with van der Waals surface area (Å²) in [6, 6.07) is 5.85. The lowest BCUT2D eigenvalue weighted by Crippen LogP contribution is -2.40. The van der Waals surface area contributed by atoms with Crippen molar-refractivity contribution >= 4 is 44.9 Å². The Labute approximate surface area is 132 Å². The molecule has 1 amide bonds. The van der Waals surface area contributed by atoms with Gasteiger partial charge in [0, 0.05) is 17.6 Å². The number of anilines is 1. The van der Waals surface area contributed by atoms with Crippen LogP contribution in [0.15, 0.2) is 22.5 Å². The zero-order chi connectivity index (χ0) is 14.9. The highest BCUT2D eigenvalue weighted by Crippen LogP contribution is 2.32. The topological polar surface area (TPSA) is 68.0 Å². The molecule has 0 aliphatic heterocycles. The molecule has 0 radical (unpaired) electrons. The minimum Gasteiger partial charge on any atom is -0.326 e. The molecule has 6 heteroatoms. The van der Waals surface area contributed by atoms with E-state index in [2.05, 4.69) is 10.3 Å². The van der Waals surface area contributed by atoms with Gasteiger partial charge in [-0.15, -0.1) is 11.3 Å². The Morgan fingerprint density at radius 3 is 2.95 bits per heavy atom. The van der Waals surface area contributed by atoms with Crippen LogP contribution in [0, 0.1) is 0 Å². The number of nitrogens with two attached hydrogens (primary N) is 1. The van der Waals surface area contributed by atoms with Crippen molar-refractivity contribution in [3.05, 3.63) is 18.2 Å². The molecule has 21 heavy (non-hydrogen) atoms. The average Bonchev–Trinajstić information content (AvgIpc) is 3.04. The van der Waals surface area contributed by atoms with E-state index in [1.54, 1.807) is 23.1 Å². The summed E-state index contributed by atoms with van der Waals surface area (Å²) in [7, 11) is 0. The van der Waals surface area contributed by atoms with Gasteiger partial charge in [-0.1, -0.05) is 24.6 Å². The van der Waals surface area contributed by atoms with Crippen molar-refractivity contribution in [3.63, 3.8) is 0 Å². The van der Waals surface area contributed by atoms with Crippen LogP contribution in [-0.4, -0.2) is 22.7 Å². The molecule has 0 saturated heterocycles. The Morgan fingerprint density at radius 2 is 2.24 bits per heavy atom. The molecule has 0 spiro atoms. The SMILES string of the molecule is CSc1nc2ccc(NC(=O)CC3(N)CCCC3)cc2s1. The van der Waals surface area contributed by atoms with Crippen molar-refractivity contribution in [1.82, 2.24) is 4.98 Å². The van der Waals surface area contributed by atoms with Crippen molar-refractivity contribution in [2.45, 2.75) is 42.0 Å². The van der Waals surface area contributed by atoms with Crippen LogP contribution in [0.4, 0.5) is 5.69 Å². The van der Waals surface area contributed by atoms with E-state index in [0.29, 0.717) is 6.42 Å². The maximum absolute atomic E-state index is 12.2. The zero-order valence-electron chi connectivity index (χ0n) is 12.0. The largest absolute Gasteiger partial charge is 0.326 e. The molecular weight excluding hydrogens is 302 g/mol. The predicted octanol–water partition coefficient (Wildman–Crippen LogP) is 3.62. The van der Waals surface area contributed by atoms with Gasteiger partial charge < -0.3 is 11.1 Å². The van der Waals surface area contributed by atoms with Crippen LogP contribution in [0.25, 0.3) is 10.2 Å². The molecule has 1 saturated carbocycles. The molecule has 1 heterocycles. The third kappa shape index (κ3) is 3.39. The summed E-state index contributed by atoms with van der Waals surface area (Å²) >= 11 is 3.29. The van der Waals surface area contributed by atoms with Crippen LogP contribution < -0.4 is 11.1 Å². The van der Waals surface area contributed by atoms with E-state index in [4.69, 9.17) is 5.73 Å². The molecule has 1 aromatic heterocycles. The molecule has 0 atom stereocenters. The second-order valence-electron chi connectivity index (χ2n) is 5.66. The lowest BCUT2D eigenvalue weighted by molar-refractivity contribution is -0.117. The van der Waals surface area contributed by atoms with Gasteiger partial charge in [-0.05, 0) is 37.3 Å². The lowest BCUT2D eigenvalue weighted by Gasteiger charge is -2.22. The standard InChI is InChI=1S/C15H19N3OS2/c1-20-14-18-11-5-4-10(8-12(11)21-14)17-13(19)9-15(16)6-2-3-7-15/h4-5,8H,2-3,6-7,9,16H2,1H3,(H,17,19). The van der Waals surface area contributed by atoms with Crippen molar-refractivity contribution in [3.8, 4) is 0 Å². The first kappa shape index (κ1) is 14.8. The first-order valence-corrected chi connectivity index (χ1v) is 9.15. The van der Waals surface area contributed by atoms with Gasteiger partial charge in [0.2, 0.25) is 5.91 Å². The first-order valence-electron chi connectivity index (χ1n) is 7.11. The number of nitrogens with one attached hydrogen (secondary N) is 1. The Kier molecular flexibility index (Phi) is 4.19. The van der Waals surface area contributed by atoms with Gasteiger partial charge in [-0.3, -0.25) is 4.79 Å². The Morgan fingerprint density at radius 1 is 1.48 bits per heavy atom. The van der Waals surface area contributed by atoms with Gasteiger partial charge in [0.15, 0.2) is 4.34 Å². The minimum absolute atomic E-state index is 0.00774. The number of hydrogen-bond donors (Lipinski definition) is 2. The summed E-state index contributed by atoms with van der Waals surface area (Å²) in [6.07, 6.45) is 6.59. The van der Waals surface area contributed by atoms with E-state index in [1.807, 2.05) is 24.5 Å². The number of amides is 1. The molecule has 2 aromatic rings. The number of hydrogen-bond acceptors (Lipinski definition) is 5. The van der Waals surface area contributed by atoms with Crippen LogP contribution >= 0.6 is 23.1 Å². The fourth-order valence-corrected chi connectivity index (χ4v) is 4.38. The average molecular weight is 321 g/mol. The highest BCUT2D eigenvalue weighted by molar-refractivity contribution is 8.00. The summed E-state index contributed by atoms with van der Waals surface area (Å²) in [5, 5.41) is 2.97. The number of nitrogens with zero attached hydrogens (tertiary/aromatic N) is 1. The second-order valence-corrected chi connectivity index (χ2v) is 7.74. The molecule has 1 aromatic carbocycles. The number of aromatic nitrogens is 1. The summed E-state index contributed by atoms with van der Waals surface area (Å²) in [6.45, 7) is 0. The molecule has 1 aliphatic rings. The van der Waals surface area contributed by atoms with Crippen LogP contribution in [0.5, 0.6) is 0 Å². The molecular formula is C15H19N3OS2. The fraction of sp³-hybridized carbons (Fsp3) is 0.467. The van der Waals surface area contributed by atoms with Gasteiger partial charge >= 0.3 is 0 Å². The lowest BCUT2D eigenvalue weighted by atomic mass is 9.94. The van der Waals surface area contributed by atoms with Crippen LogP contribution in [0.2, 0.25) is 0 Å². The number of fused-ring (bicyclic) bond motifs is 1. The van der Waals surface area contributed by atoms with Crippen molar-refractivity contribution in [1.29, 1.82) is 0 Å². The van der Waals surface area contributed by atoms with Crippen LogP contribution in [0.1, 0.15) is 32.1 Å². The molecule has 3 N–H and O–H groups in total. The highest BCUT2D eigenvalue weighted by atomic mass is 32.2. The second kappa shape index (κ2) is 5.94. The van der Waals surface area contributed by atoms with E-state index in [1.165, 1.54) is 0 Å². The Balaban J connectivity index is 1.70. The molecule has 112 valence electrons. The quantitative estimate of drug-likeness (QED) is 0.844. The van der Waals surface area contributed by atoms with Crippen LogP contribution in [0.3, 0.4) is 0 Å². The summed E-state index contributed by atoms with van der Waals surface area (Å²) in [5.41, 5.74) is 7.76. The summed E-state index contributed by atoms with van der Waals surface area (Å²) in [5.74, 6) is 0.00774. The normalized spacial score (nSPS) is 17.2. The zero-order valence-corrected chi connectivity index (χ0v) is 13.6. The number of thiazole rings is 1. The van der Waals surface area contributed by atoms with E-state index in [9.17, 15) is 4.79 Å². The predicted molar refractivity (Wildman–Crippen MR) is 90.0 cm³/mol. The Bertz CT molecular complexity index is 662. The van der Waals surface area contributed by atoms with Gasteiger partial charge in [-0.25, -0.2) is 4.98 Å². The summed E-state index contributed by atoms with van der Waals surface area (Å²) < 4.78 is 2.14. The number of carbonyl (C=O) groups excluding carboxylic acids is 1. The van der Waals surface area contributed by atoms with Gasteiger partial charge in [0.1, 0.15) is 0 Å². The first-order chi connectivity index (χ1) is 10.1. The van der Waals surface area contributed by atoms with Gasteiger partial charge in [0.25, 0.3) is 0 Å². The smallest absolute Gasteiger partial charge is 0.226 e. The summed E-state index contributed by atoms with van der Waals surface area (Å²) in [4.78, 5) is 16.7. The maximum Gasteiger partial charge on any atom is 0.226 e. The third-order valence-corrected chi connectivity index (χ3v) is 5.94. The minimum atomic E-state index is -0.301. The molecule has 1 aliphatic carbocycles. The van der Waals surface area contributed by atoms with Crippen molar-refractivity contribution < 1.29 is 4.79 Å². The number of carbonyl (C=O) groups is 1. The monoisotopic (exact) mass is 321 g/mol. The van der Waals surface area contributed by atoms with E-state index >= 15 is 0 Å². The van der Waals surface area contributed by atoms with Gasteiger partial charge in [0.05, 0.1) is 10.2 Å². The molecule has 0 unspecified atom stereocenters. The van der Waals surface area contributed by atoms with Crippen molar-refractivity contribution in [2.24, 2.45) is 5.73 Å². The van der Waals surface area contributed by atoms with E-state index in [-0.39, 0.29) is 11.4 Å². The molecule has 0 bridgehead atoms. The number of benzene rings is 1. The Hall–Kier alpha value is -1.11. The van der Waals surface area contributed by atoms with E-state index < -0.39 is 0 Å². The van der Waals surface area contributed by atoms with E-state index in [0.717, 1.165) is 45.9 Å². The highest BCUT2D eigenvalue weighted by Gasteiger charge is 2.31. The van der Waals surface area contributed by atoms with Crippen molar-refractivity contribution in [2.75, 3.05) is 11.6 Å². The number of rotatable bonds is 4. The third-order valence-electron chi connectivity index (χ3n) is 3.94. The maximum atomic E-state index is 12.2. The molecule has 4 nitrogen and oxygen atoms in total. The van der Waals surface area contributed by atoms with Crippen LogP contribution in [-0.2, 0) is 4.79 Å². The number of thioether (sulfide) groups is 1. The van der Waals surface area contributed by atoms with Gasteiger partial charge in [-0.2, -0.15) is 0 Å².